The molecule has 1 aliphatic rings. The SMILES string of the molecule is O=C(CCN1C(=O)c2cccc([N+](=O)[O-])c2C1=O)Nc1cc(F)ccc1F. The van der Waals surface area contributed by atoms with Crippen molar-refractivity contribution in [1.82, 2.24) is 4.90 Å². The normalized spacial score (nSPS) is 12.9. The summed E-state index contributed by atoms with van der Waals surface area (Å²) in [5, 5.41) is 13.2. The summed E-state index contributed by atoms with van der Waals surface area (Å²) in [6, 6.07) is 6.19. The number of halogens is 2. The molecule has 1 heterocycles. The average Bonchev–Trinajstić information content (AvgIpc) is 2.87. The molecule has 0 unspecified atom stereocenters. The van der Waals surface area contributed by atoms with Crippen molar-refractivity contribution < 1.29 is 28.1 Å². The Morgan fingerprint density at radius 3 is 2.59 bits per heavy atom. The summed E-state index contributed by atoms with van der Waals surface area (Å²) in [6.07, 6.45) is -0.394. The molecule has 0 fully saturated rings. The molecule has 0 saturated carbocycles. The molecule has 138 valence electrons. The molecule has 8 nitrogen and oxygen atoms in total. The third-order valence-electron chi connectivity index (χ3n) is 3.94. The van der Waals surface area contributed by atoms with Gasteiger partial charge in [-0.3, -0.25) is 29.4 Å². The molecule has 27 heavy (non-hydrogen) atoms. The lowest BCUT2D eigenvalue weighted by Crippen LogP contribution is -2.33. The number of fused-ring (bicyclic) bond motifs is 1. The quantitative estimate of drug-likeness (QED) is 0.491. The number of amides is 3. The Labute approximate surface area is 150 Å². The first-order chi connectivity index (χ1) is 12.8. The third-order valence-corrected chi connectivity index (χ3v) is 3.94. The van der Waals surface area contributed by atoms with Gasteiger partial charge in [-0.15, -0.1) is 0 Å². The van der Waals surface area contributed by atoms with E-state index in [2.05, 4.69) is 5.32 Å². The Balaban J connectivity index is 1.72. The Morgan fingerprint density at radius 2 is 1.89 bits per heavy atom. The van der Waals surface area contributed by atoms with Crippen LogP contribution in [0.15, 0.2) is 36.4 Å². The minimum absolute atomic E-state index is 0.120. The number of nitrogens with zero attached hydrogens (tertiary/aromatic N) is 2. The number of nitro groups is 1. The fourth-order valence-electron chi connectivity index (χ4n) is 2.69. The van der Waals surface area contributed by atoms with Gasteiger partial charge < -0.3 is 5.32 Å². The molecule has 1 N–H and O–H groups in total. The highest BCUT2D eigenvalue weighted by molar-refractivity contribution is 6.23. The zero-order valence-corrected chi connectivity index (χ0v) is 13.6. The van der Waals surface area contributed by atoms with E-state index >= 15 is 0 Å². The fourth-order valence-corrected chi connectivity index (χ4v) is 2.69. The molecule has 0 atom stereocenters. The maximum atomic E-state index is 13.5. The molecule has 0 aliphatic carbocycles. The summed E-state index contributed by atoms with van der Waals surface area (Å²) < 4.78 is 26.6. The molecule has 3 amide bonds. The highest BCUT2D eigenvalue weighted by Gasteiger charge is 2.40. The van der Waals surface area contributed by atoms with Gasteiger partial charge in [0.2, 0.25) is 5.91 Å². The summed E-state index contributed by atoms with van der Waals surface area (Å²) in [7, 11) is 0. The van der Waals surface area contributed by atoms with Crippen molar-refractivity contribution in [1.29, 1.82) is 0 Å². The molecular formula is C17H11F2N3O5. The molecule has 0 radical (unpaired) electrons. The average molecular weight is 375 g/mol. The number of nitro benzene ring substituents is 1. The van der Waals surface area contributed by atoms with Gasteiger partial charge >= 0.3 is 0 Å². The standard InChI is InChI=1S/C17H11F2N3O5/c18-9-4-5-11(19)12(8-9)20-14(23)6-7-21-16(24)10-2-1-3-13(22(26)27)15(10)17(21)25/h1-5,8H,6-7H2,(H,20,23). The number of hydrogen-bond donors (Lipinski definition) is 1. The van der Waals surface area contributed by atoms with Crippen molar-refractivity contribution in [2.45, 2.75) is 6.42 Å². The molecule has 10 heteroatoms. The molecule has 0 aromatic heterocycles. The Hall–Kier alpha value is -3.69. The summed E-state index contributed by atoms with van der Waals surface area (Å²) >= 11 is 0. The first kappa shape index (κ1) is 18.1. The van der Waals surface area contributed by atoms with E-state index in [0.717, 1.165) is 24.3 Å². The predicted molar refractivity (Wildman–Crippen MR) is 88.1 cm³/mol. The molecule has 2 aromatic carbocycles. The van der Waals surface area contributed by atoms with Crippen LogP contribution in [0.3, 0.4) is 0 Å². The summed E-state index contributed by atoms with van der Waals surface area (Å²) in [4.78, 5) is 47.6. The molecular weight excluding hydrogens is 364 g/mol. The van der Waals surface area contributed by atoms with Crippen LogP contribution in [0.5, 0.6) is 0 Å². The van der Waals surface area contributed by atoms with Gasteiger partial charge in [0.1, 0.15) is 17.2 Å². The zero-order chi connectivity index (χ0) is 19.7. The molecule has 0 saturated heterocycles. The van der Waals surface area contributed by atoms with E-state index in [1.165, 1.54) is 12.1 Å². The van der Waals surface area contributed by atoms with E-state index in [1.54, 1.807) is 0 Å². The number of nitrogens with one attached hydrogen (secondary N) is 1. The van der Waals surface area contributed by atoms with Crippen LogP contribution >= 0.6 is 0 Å². The van der Waals surface area contributed by atoms with Crippen molar-refractivity contribution in [3.8, 4) is 0 Å². The van der Waals surface area contributed by atoms with E-state index in [4.69, 9.17) is 0 Å². The third kappa shape index (κ3) is 3.36. The van der Waals surface area contributed by atoms with Gasteiger partial charge in [-0.2, -0.15) is 0 Å². The van der Waals surface area contributed by atoms with Gasteiger partial charge in [0.05, 0.1) is 16.2 Å². The fraction of sp³-hybridized carbons (Fsp3) is 0.118. The number of anilines is 1. The van der Waals surface area contributed by atoms with Crippen molar-refractivity contribution >= 4 is 29.1 Å². The highest BCUT2D eigenvalue weighted by Crippen LogP contribution is 2.30. The second-order valence-corrected chi connectivity index (χ2v) is 5.64. The zero-order valence-electron chi connectivity index (χ0n) is 13.6. The first-order valence-corrected chi connectivity index (χ1v) is 7.68. The molecule has 1 aliphatic heterocycles. The van der Waals surface area contributed by atoms with E-state index in [0.29, 0.717) is 4.90 Å². The molecule has 0 spiro atoms. The van der Waals surface area contributed by atoms with E-state index in [1.807, 2.05) is 0 Å². The van der Waals surface area contributed by atoms with Crippen LogP contribution in [-0.2, 0) is 4.79 Å². The number of imide groups is 1. The van der Waals surface area contributed by atoms with E-state index in [-0.39, 0.29) is 23.4 Å². The maximum absolute atomic E-state index is 13.5. The molecule has 2 aromatic rings. The van der Waals surface area contributed by atoms with Crippen molar-refractivity contribution in [2.75, 3.05) is 11.9 Å². The lowest BCUT2D eigenvalue weighted by atomic mass is 10.1. The number of hydrogen-bond acceptors (Lipinski definition) is 5. The predicted octanol–water partition coefficient (Wildman–Crippen LogP) is 2.50. The lowest BCUT2D eigenvalue weighted by molar-refractivity contribution is -0.385. The number of carbonyl (C=O) groups is 3. The van der Waals surface area contributed by atoms with Crippen molar-refractivity contribution in [2.24, 2.45) is 0 Å². The summed E-state index contributed by atoms with van der Waals surface area (Å²) in [6.45, 7) is -0.369. The number of rotatable bonds is 5. The van der Waals surface area contributed by atoms with Crippen LogP contribution < -0.4 is 5.32 Å². The van der Waals surface area contributed by atoms with Crippen LogP contribution in [0.4, 0.5) is 20.2 Å². The molecule has 0 bridgehead atoms. The summed E-state index contributed by atoms with van der Waals surface area (Å²) in [5.41, 5.74) is -1.33. The van der Waals surface area contributed by atoms with Gasteiger partial charge in [-0.1, -0.05) is 6.07 Å². The minimum atomic E-state index is -0.882. The minimum Gasteiger partial charge on any atom is -0.323 e. The maximum Gasteiger partial charge on any atom is 0.282 e. The number of benzene rings is 2. The smallest absolute Gasteiger partial charge is 0.282 e. The van der Waals surface area contributed by atoms with Crippen molar-refractivity contribution in [3.05, 3.63) is 69.3 Å². The Kier molecular flexibility index (Phi) is 4.63. The van der Waals surface area contributed by atoms with E-state index < -0.39 is 46.4 Å². The number of carbonyl (C=O) groups excluding carboxylic acids is 3. The van der Waals surface area contributed by atoms with Gasteiger partial charge in [0.15, 0.2) is 0 Å². The second kappa shape index (κ2) is 6.90. The topological polar surface area (TPSA) is 110 Å². The Morgan fingerprint density at radius 1 is 1.15 bits per heavy atom. The molecule has 3 rings (SSSR count). The van der Waals surface area contributed by atoms with Crippen LogP contribution in [-0.4, -0.2) is 34.1 Å². The van der Waals surface area contributed by atoms with Crippen LogP contribution in [0.1, 0.15) is 27.1 Å². The van der Waals surface area contributed by atoms with Crippen molar-refractivity contribution in [3.63, 3.8) is 0 Å². The van der Waals surface area contributed by atoms with Gasteiger partial charge in [-0.05, 0) is 18.2 Å². The monoisotopic (exact) mass is 375 g/mol. The van der Waals surface area contributed by atoms with Gasteiger partial charge in [-0.25, -0.2) is 8.78 Å². The first-order valence-electron chi connectivity index (χ1n) is 7.68. The lowest BCUT2D eigenvalue weighted by Gasteiger charge is -2.13. The Bertz CT molecular complexity index is 993. The van der Waals surface area contributed by atoms with Gasteiger partial charge in [0, 0.05) is 25.1 Å². The highest BCUT2D eigenvalue weighted by atomic mass is 19.1. The summed E-state index contributed by atoms with van der Waals surface area (Å²) in [5.74, 6) is -4.00. The largest absolute Gasteiger partial charge is 0.323 e. The van der Waals surface area contributed by atoms with Crippen LogP contribution in [0.25, 0.3) is 0 Å². The van der Waals surface area contributed by atoms with Crippen LogP contribution in [0.2, 0.25) is 0 Å². The van der Waals surface area contributed by atoms with E-state index in [9.17, 15) is 33.3 Å². The second-order valence-electron chi connectivity index (χ2n) is 5.64. The van der Waals surface area contributed by atoms with Gasteiger partial charge in [0.25, 0.3) is 17.5 Å². The van der Waals surface area contributed by atoms with Crippen LogP contribution in [0, 0.1) is 21.7 Å².